The molecule has 1 aromatic carbocycles. The lowest BCUT2D eigenvalue weighted by atomic mass is 10.00. The molecule has 0 N–H and O–H groups in total. The molecular formula is C13H19NO2. The molecule has 1 aromatic rings. The molecule has 0 amide bonds. The van der Waals surface area contributed by atoms with Crippen molar-refractivity contribution in [2.45, 2.75) is 27.4 Å². The van der Waals surface area contributed by atoms with Crippen molar-refractivity contribution in [3.8, 4) is 5.75 Å². The number of hydrogen-bond acceptors (Lipinski definition) is 3. The molecule has 3 nitrogen and oxygen atoms in total. The Morgan fingerprint density at radius 3 is 2.69 bits per heavy atom. The summed E-state index contributed by atoms with van der Waals surface area (Å²) in [6.07, 6.45) is 1.80. The highest BCUT2D eigenvalue weighted by Gasteiger charge is 2.05. The van der Waals surface area contributed by atoms with Gasteiger partial charge in [-0.25, -0.2) is 0 Å². The Balaban J connectivity index is 2.46. The Kier molecular flexibility index (Phi) is 4.35. The summed E-state index contributed by atoms with van der Waals surface area (Å²) in [7, 11) is 1.65. The van der Waals surface area contributed by atoms with Crippen molar-refractivity contribution in [3.63, 3.8) is 0 Å². The molecule has 0 atom stereocenters. The normalized spacial score (nSPS) is 11.8. The second-order valence-corrected chi connectivity index (χ2v) is 4.73. The molecule has 0 aliphatic carbocycles. The van der Waals surface area contributed by atoms with Gasteiger partial charge in [0.2, 0.25) is 0 Å². The highest BCUT2D eigenvalue weighted by Crippen LogP contribution is 2.13. The van der Waals surface area contributed by atoms with E-state index in [-0.39, 0.29) is 5.41 Å². The van der Waals surface area contributed by atoms with E-state index in [0.29, 0.717) is 6.61 Å². The van der Waals surface area contributed by atoms with E-state index in [1.807, 2.05) is 24.3 Å². The van der Waals surface area contributed by atoms with Crippen LogP contribution in [-0.4, -0.2) is 13.3 Å². The van der Waals surface area contributed by atoms with E-state index in [9.17, 15) is 0 Å². The van der Waals surface area contributed by atoms with Crippen LogP contribution in [0.1, 0.15) is 26.3 Å². The highest BCUT2D eigenvalue weighted by atomic mass is 16.6. The fourth-order valence-corrected chi connectivity index (χ4v) is 1.07. The summed E-state index contributed by atoms with van der Waals surface area (Å²) in [4.78, 5) is 5.21. The number of methoxy groups -OCH3 is 1. The maximum absolute atomic E-state index is 5.21. The summed E-state index contributed by atoms with van der Waals surface area (Å²) in [6, 6.07) is 7.76. The van der Waals surface area contributed by atoms with Gasteiger partial charge in [-0.3, -0.25) is 0 Å². The van der Waals surface area contributed by atoms with E-state index in [1.54, 1.807) is 13.3 Å². The maximum atomic E-state index is 5.21. The van der Waals surface area contributed by atoms with Crippen molar-refractivity contribution in [2.75, 3.05) is 7.11 Å². The standard InChI is InChI=1S/C13H19NO2/c1-13(2,3)10-14-16-9-11-6-5-7-12(8-11)15-4/h5-8,10H,9H2,1-4H3. The summed E-state index contributed by atoms with van der Waals surface area (Å²) in [6.45, 7) is 6.69. The molecule has 1 rings (SSSR count). The van der Waals surface area contributed by atoms with Crippen LogP contribution in [0.15, 0.2) is 29.4 Å². The van der Waals surface area contributed by atoms with Gasteiger partial charge >= 0.3 is 0 Å². The predicted molar refractivity (Wildman–Crippen MR) is 65.7 cm³/mol. The van der Waals surface area contributed by atoms with E-state index < -0.39 is 0 Å². The third-order valence-electron chi connectivity index (χ3n) is 1.88. The van der Waals surface area contributed by atoms with Gasteiger partial charge in [-0.2, -0.15) is 0 Å². The SMILES string of the molecule is COc1cccc(CON=CC(C)(C)C)c1. The van der Waals surface area contributed by atoms with E-state index >= 15 is 0 Å². The summed E-state index contributed by atoms with van der Waals surface area (Å²) in [5.41, 5.74) is 1.10. The zero-order chi connectivity index (χ0) is 12.0. The lowest BCUT2D eigenvalue weighted by Gasteiger charge is -2.09. The van der Waals surface area contributed by atoms with Crippen molar-refractivity contribution in [2.24, 2.45) is 10.6 Å². The van der Waals surface area contributed by atoms with Gasteiger partial charge < -0.3 is 9.57 Å². The van der Waals surface area contributed by atoms with Gasteiger partial charge in [0.25, 0.3) is 0 Å². The minimum atomic E-state index is 0.0500. The minimum absolute atomic E-state index is 0.0500. The van der Waals surface area contributed by atoms with Crippen LogP contribution >= 0.6 is 0 Å². The van der Waals surface area contributed by atoms with Crippen molar-refractivity contribution in [1.29, 1.82) is 0 Å². The molecule has 0 bridgehead atoms. The third kappa shape index (κ3) is 4.82. The van der Waals surface area contributed by atoms with Crippen LogP contribution in [0.2, 0.25) is 0 Å². The molecule has 0 aliphatic rings. The molecule has 0 saturated carbocycles. The average Bonchev–Trinajstić information content (AvgIpc) is 2.23. The number of rotatable bonds is 4. The first-order chi connectivity index (χ1) is 7.51. The fraction of sp³-hybridized carbons (Fsp3) is 0.462. The Morgan fingerprint density at radius 2 is 2.06 bits per heavy atom. The molecule has 3 heteroatoms. The van der Waals surface area contributed by atoms with Gasteiger partial charge in [0.15, 0.2) is 0 Å². The molecule has 0 aromatic heterocycles. The van der Waals surface area contributed by atoms with Crippen molar-refractivity contribution < 1.29 is 9.57 Å². The van der Waals surface area contributed by atoms with Gasteiger partial charge in [0.1, 0.15) is 12.4 Å². The lowest BCUT2D eigenvalue weighted by molar-refractivity contribution is 0.129. The lowest BCUT2D eigenvalue weighted by Crippen LogP contribution is -2.06. The van der Waals surface area contributed by atoms with Gasteiger partial charge in [-0.15, -0.1) is 0 Å². The first-order valence-corrected chi connectivity index (χ1v) is 5.31. The molecule has 0 aliphatic heterocycles. The number of nitrogens with zero attached hydrogens (tertiary/aromatic N) is 1. The van der Waals surface area contributed by atoms with Crippen LogP contribution in [0.3, 0.4) is 0 Å². The molecular weight excluding hydrogens is 202 g/mol. The number of hydrogen-bond donors (Lipinski definition) is 0. The van der Waals surface area contributed by atoms with Crippen LogP contribution in [0, 0.1) is 5.41 Å². The number of benzene rings is 1. The minimum Gasteiger partial charge on any atom is -0.497 e. The fourth-order valence-electron chi connectivity index (χ4n) is 1.07. The third-order valence-corrected chi connectivity index (χ3v) is 1.88. The largest absolute Gasteiger partial charge is 0.497 e. The van der Waals surface area contributed by atoms with Gasteiger partial charge in [-0.05, 0) is 17.7 Å². The van der Waals surface area contributed by atoms with Crippen LogP contribution in [0.4, 0.5) is 0 Å². The summed E-state index contributed by atoms with van der Waals surface area (Å²) in [5.74, 6) is 0.834. The summed E-state index contributed by atoms with van der Waals surface area (Å²) >= 11 is 0. The monoisotopic (exact) mass is 221 g/mol. The number of oxime groups is 1. The zero-order valence-corrected chi connectivity index (χ0v) is 10.4. The van der Waals surface area contributed by atoms with Crippen LogP contribution in [0.25, 0.3) is 0 Å². The van der Waals surface area contributed by atoms with Gasteiger partial charge in [-0.1, -0.05) is 38.1 Å². The van der Waals surface area contributed by atoms with Crippen molar-refractivity contribution in [3.05, 3.63) is 29.8 Å². The van der Waals surface area contributed by atoms with Gasteiger partial charge in [0, 0.05) is 11.6 Å². The smallest absolute Gasteiger partial charge is 0.142 e. The molecule has 0 spiro atoms. The highest BCUT2D eigenvalue weighted by molar-refractivity contribution is 5.63. The number of ether oxygens (including phenoxy) is 1. The topological polar surface area (TPSA) is 30.8 Å². The summed E-state index contributed by atoms with van der Waals surface area (Å²) < 4.78 is 5.12. The zero-order valence-electron chi connectivity index (χ0n) is 10.4. The summed E-state index contributed by atoms with van der Waals surface area (Å²) in [5, 5.41) is 3.93. The molecule has 0 heterocycles. The second-order valence-electron chi connectivity index (χ2n) is 4.73. The first-order valence-electron chi connectivity index (χ1n) is 5.31. The molecule has 0 saturated heterocycles. The van der Waals surface area contributed by atoms with E-state index in [4.69, 9.17) is 9.57 Å². The van der Waals surface area contributed by atoms with E-state index in [0.717, 1.165) is 11.3 Å². The Hall–Kier alpha value is -1.51. The predicted octanol–water partition coefficient (Wildman–Crippen LogP) is 3.24. The molecule has 0 radical (unpaired) electrons. The Labute approximate surface area is 97.1 Å². The average molecular weight is 221 g/mol. The maximum Gasteiger partial charge on any atom is 0.142 e. The Bertz CT molecular complexity index is 353. The molecule has 16 heavy (non-hydrogen) atoms. The van der Waals surface area contributed by atoms with Gasteiger partial charge in [0.05, 0.1) is 7.11 Å². The first kappa shape index (κ1) is 12.6. The van der Waals surface area contributed by atoms with E-state index in [1.165, 1.54) is 0 Å². The van der Waals surface area contributed by atoms with Crippen molar-refractivity contribution >= 4 is 6.21 Å². The molecule has 88 valence electrons. The Morgan fingerprint density at radius 1 is 1.31 bits per heavy atom. The molecule has 0 fully saturated rings. The van der Waals surface area contributed by atoms with Crippen LogP contribution in [0.5, 0.6) is 5.75 Å². The molecule has 0 unspecified atom stereocenters. The second kappa shape index (κ2) is 5.54. The quantitative estimate of drug-likeness (QED) is 0.577. The van der Waals surface area contributed by atoms with Crippen molar-refractivity contribution in [1.82, 2.24) is 0 Å². The van der Waals surface area contributed by atoms with E-state index in [2.05, 4.69) is 25.9 Å². The van der Waals surface area contributed by atoms with Crippen LogP contribution < -0.4 is 4.74 Å². The van der Waals surface area contributed by atoms with Crippen LogP contribution in [-0.2, 0) is 11.4 Å².